The molecule has 0 aliphatic carbocycles. The number of esters is 1. The first-order chi connectivity index (χ1) is 8.63. The van der Waals surface area contributed by atoms with E-state index in [4.69, 9.17) is 10.5 Å². The molecule has 0 heterocycles. The molecule has 0 aliphatic heterocycles. The van der Waals surface area contributed by atoms with Gasteiger partial charge in [0.1, 0.15) is 5.75 Å². The molecule has 2 aromatic carbocycles. The lowest BCUT2D eigenvalue weighted by atomic mass is 10.1. The monoisotopic (exact) mass is 241 g/mol. The number of nitrogens with two attached hydrogens (primary N) is 1. The fourth-order valence-electron chi connectivity index (χ4n) is 1.72. The second kappa shape index (κ2) is 5.36. The summed E-state index contributed by atoms with van der Waals surface area (Å²) in [5, 5.41) is 0. The van der Waals surface area contributed by atoms with Gasteiger partial charge in [-0.3, -0.25) is 4.79 Å². The number of ether oxygens (including phenoxy) is 1. The minimum absolute atomic E-state index is 0.221. The van der Waals surface area contributed by atoms with Crippen LogP contribution < -0.4 is 10.5 Å². The van der Waals surface area contributed by atoms with Gasteiger partial charge in [0.25, 0.3) is 0 Å². The van der Waals surface area contributed by atoms with Crippen LogP contribution in [0.1, 0.15) is 11.1 Å². The summed E-state index contributed by atoms with van der Waals surface area (Å²) in [4.78, 5) is 11.7. The minimum atomic E-state index is -0.286. The molecule has 0 spiro atoms. The second-order valence-electron chi connectivity index (χ2n) is 4.21. The smallest absolute Gasteiger partial charge is 0.315 e. The van der Waals surface area contributed by atoms with Crippen molar-refractivity contribution in [2.75, 3.05) is 5.73 Å². The number of hydrogen-bond donors (Lipinski definition) is 1. The maximum absolute atomic E-state index is 11.7. The summed E-state index contributed by atoms with van der Waals surface area (Å²) in [5.74, 6) is 0.287. The molecular formula is C15H15NO2. The molecule has 0 aromatic heterocycles. The third kappa shape index (κ3) is 3.35. The van der Waals surface area contributed by atoms with Gasteiger partial charge in [-0.15, -0.1) is 0 Å². The highest BCUT2D eigenvalue weighted by Gasteiger charge is 2.06. The Morgan fingerprint density at radius 1 is 1.17 bits per heavy atom. The zero-order valence-electron chi connectivity index (χ0n) is 10.2. The predicted molar refractivity (Wildman–Crippen MR) is 71.4 cm³/mol. The topological polar surface area (TPSA) is 52.3 Å². The zero-order chi connectivity index (χ0) is 13.0. The SMILES string of the molecule is Cc1cccc(OC(=O)Cc2cccc(N)c2)c1. The fourth-order valence-corrected chi connectivity index (χ4v) is 1.72. The summed E-state index contributed by atoms with van der Waals surface area (Å²) in [6.07, 6.45) is 0.221. The molecular weight excluding hydrogens is 226 g/mol. The average Bonchev–Trinajstić information content (AvgIpc) is 2.28. The van der Waals surface area contributed by atoms with Crippen molar-refractivity contribution in [2.24, 2.45) is 0 Å². The molecule has 18 heavy (non-hydrogen) atoms. The van der Waals surface area contributed by atoms with E-state index in [9.17, 15) is 4.79 Å². The minimum Gasteiger partial charge on any atom is -0.426 e. The third-order valence-corrected chi connectivity index (χ3v) is 2.52. The molecule has 0 radical (unpaired) electrons. The molecule has 3 heteroatoms. The van der Waals surface area contributed by atoms with E-state index in [-0.39, 0.29) is 12.4 Å². The van der Waals surface area contributed by atoms with Crippen LogP contribution >= 0.6 is 0 Å². The lowest BCUT2D eigenvalue weighted by molar-refractivity contribution is -0.133. The predicted octanol–water partition coefficient (Wildman–Crippen LogP) is 2.73. The van der Waals surface area contributed by atoms with E-state index in [0.29, 0.717) is 11.4 Å². The fraction of sp³-hybridized carbons (Fsp3) is 0.133. The van der Waals surface area contributed by atoms with E-state index in [0.717, 1.165) is 11.1 Å². The molecule has 0 unspecified atom stereocenters. The molecule has 0 amide bonds. The van der Waals surface area contributed by atoms with E-state index in [1.807, 2.05) is 37.3 Å². The van der Waals surface area contributed by atoms with E-state index >= 15 is 0 Å². The van der Waals surface area contributed by atoms with Crippen molar-refractivity contribution in [3.8, 4) is 5.75 Å². The van der Waals surface area contributed by atoms with Crippen LogP contribution in [0.4, 0.5) is 5.69 Å². The number of carbonyl (C=O) groups excluding carboxylic acids is 1. The molecule has 0 saturated carbocycles. The van der Waals surface area contributed by atoms with Gasteiger partial charge in [-0.2, -0.15) is 0 Å². The van der Waals surface area contributed by atoms with Crippen molar-refractivity contribution in [1.29, 1.82) is 0 Å². The van der Waals surface area contributed by atoms with Gasteiger partial charge in [-0.1, -0.05) is 24.3 Å². The Labute approximate surface area is 106 Å². The molecule has 0 saturated heterocycles. The van der Waals surface area contributed by atoms with Gasteiger partial charge in [-0.05, 0) is 42.3 Å². The summed E-state index contributed by atoms with van der Waals surface area (Å²) in [5.41, 5.74) is 8.22. The second-order valence-corrected chi connectivity index (χ2v) is 4.21. The van der Waals surface area contributed by atoms with Crippen LogP contribution in [-0.4, -0.2) is 5.97 Å². The van der Waals surface area contributed by atoms with Crippen molar-refractivity contribution >= 4 is 11.7 Å². The Bertz CT molecular complexity index is 514. The van der Waals surface area contributed by atoms with Gasteiger partial charge >= 0.3 is 5.97 Å². The lowest BCUT2D eigenvalue weighted by Crippen LogP contribution is -2.11. The molecule has 0 bridgehead atoms. The summed E-state index contributed by atoms with van der Waals surface area (Å²) in [6, 6.07) is 14.7. The van der Waals surface area contributed by atoms with Crippen LogP contribution in [-0.2, 0) is 11.2 Å². The molecule has 2 aromatic rings. The van der Waals surface area contributed by atoms with Crippen molar-refractivity contribution in [2.45, 2.75) is 13.3 Å². The Morgan fingerprint density at radius 2 is 1.94 bits per heavy atom. The lowest BCUT2D eigenvalue weighted by Gasteiger charge is -2.05. The van der Waals surface area contributed by atoms with E-state index in [2.05, 4.69) is 0 Å². The molecule has 2 rings (SSSR count). The number of anilines is 1. The molecule has 2 N–H and O–H groups in total. The highest BCUT2D eigenvalue weighted by Crippen LogP contribution is 2.14. The van der Waals surface area contributed by atoms with Crippen LogP contribution in [0.15, 0.2) is 48.5 Å². The van der Waals surface area contributed by atoms with Crippen molar-refractivity contribution < 1.29 is 9.53 Å². The average molecular weight is 241 g/mol. The summed E-state index contributed by atoms with van der Waals surface area (Å²) in [6.45, 7) is 1.95. The van der Waals surface area contributed by atoms with Crippen LogP contribution in [0.25, 0.3) is 0 Å². The first-order valence-corrected chi connectivity index (χ1v) is 5.75. The number of carbonyl (C=O) groups is 1. The molecule has 3 nitrogen and oxygen atoms in total. The Hall–Kier alpha value is -2.29. The quantitative estimate of drug-likeness (QED) is 0.510. The van der Waals surface area contributed by atoms with E-state index in [1.54, 1.807) is 18.2 Å². The Morgan fingerprint density at radius 3 is 2.67 bits per heavy atom. The molecule has 0 aliphatic rings. The maximum Gasteiger partial charge on any atom is 0.315 e. The Kier molecular flexibility index (Phi) is 3.63. The van der Waals surface area contributed by atoms with Crippen molar-refractivity contribution in [3.63, 3.8) is 0 Å². The van der Waals surface area contributed by atoms with E-state index in [1.165, 1.54) is 0 Å². The normalized spacial score (nSPS) is 10.1. The summed E-state index contributed by atoms with van der Waals surface area (Å²) >= 11 is 0. The van der Waals surface area contributed by atoms with Gasteiger partial charge < -0.3 is 10.5 Å². The standard InChI is InChI=1S/C15H15NO2/c1-11-4-2-7-14(8-11)18-15(17)10-12-5-3-6-13(16)9-12/h2-9H,10,16H2,1H3. The third-order valence-electron chi connectivity index (χ3n) is 2.52. The first-order valence-electron chi connectivity index (χ1n) is 5.75. The van der Waals surface area contributed by atoms with Crippen LogP contribution in [0.3, 0.4) is 0 Å². The maximum atomic E-state index is 11.7. The first kappa shape index (κ1) is 12.2. The molecule has 92 valence electrons. The highest BCUT2D eigenvalue weighted by atomic mass is 16.5. The number of nitrogen functional groups attached to an aromatic ring is 1. The van der Waals surface area contributed by atoms with Gasteiger partial charge in [0.15, 0.2) is 0 Å². The Balaban J connectivity index is 2.01. The number of benzene rings is 2. The molecule has 0 atom stereocenters. The highest BCUT2D eigenvalue weighted by molar-refractivity contribution is 5.75. The number of aryl methyl sites for hydroxylation is 1. The number of hydrogen-bond acceptors (Lipinski definition) is 3. The van der Waals surface area contributed by atoms with Crippen molar-refractivity contribution in [3.05, 3.63) is 59.7 Å². The van der Waals surface area contributed by atoms with Gasteiger partial charge in [0.2, 0.25) is 0 Å². The largest absolute Gasteiger partial charge is 0.426 e. The van der Waals surface area contributed by atoms with Crippen LogP contribution in [0.5, 0.6) is 5.75 Å². The summed E-state index contributed by atoms with van der Waals surface area (Å²) < 4.78 is 5.26. The van der Waals surface area contributed by atoms with Gasteiger partial charge in [0.05, 0.1) is 6.42 Å². The van der Waals surface area contributed by atoms with E-state index < -0.39 is 0 Å². The van der Waals surface area contributed by atoms with Gasteiger partial charge in [-0.25, -0.2) is 0 Å². The van der Waals surface area contributed by atoms with Crippen LogP contribution in [0, 0.1) is 6.92 Å². The molecule has 0 fully saturated rings. The van der Waals surface area contributed by atoms with Crippen molar-refractivity contribution in [1.82, 2.24) is 0 Å². The zero-order valence-corrected chi connectivity index (χ0v) is 10.2. The summed E-state index contributed by atoms with van der Waals surface area (Å²) in [7, 11) is 0. The number of rotatable bonds is 3. The van der Waals surface area contributed by atoms with Crippen LogP contribution in [0.2, 0.25) is 0 Å². The van der Waals surface area contributed by atoms with Gasteiger partial charge in [0, 0.05) is 5.69 Å².